The van der Waals surface area contributed by atoms with E-state index in [0.717, 1.165) is 12.0 Å². The highest BCUT2D eigenvalue weighted by molar-refractivity contribution is 5.89. The summed E-state index contributed by atoms with van der Waals surface area (Å²) in [6.07, 6.45) is 7.92. The first kappa shape index (κ1) is 23.3. The Bertz CT molecular complexity index is 959. The van der Waals surface area contributed by atoms with Crippen LogP contribution in [0.25, 0.3) is 12.2 Å². The van der Waals surface area contributed by atoms with E-state index in [1.54, 1.807) is 0 Å². The summed E-state index contributed by atoms with van der Waals surface area (Å²) in [5.74, 6) is 0.338. The van der Waals surface area contributed by atoms with E-state index in [2.05, 4.69) is 65.8 Å². The van der Waals surface area contributed by atoms with Crippen molar-refractivity contribution < 1.29 is 9.53 Å². The fourth-order valence-electron chi connectivity index (χ4n) is 4.58. The first-order valence-electron chi connectivity index (χ1n) is 11.7. The highest BCUT2D eigenvalue weighted by atomic mass is 16.5. The second-order valence-electron chi connectivity index (χ2n) is 10.6. The van der Waals surface area contributed by atoms with E-state index in [1.165, 1.54) is 35.1 Å². The van der Waals surface area contributed by atoms with Gasteiger partial charge in [0.05, 0.1) is 12.2 Å². The van der Waals surface area contributed by atoms with Crippen LogP contribution in [0, 0.1) is 5.92 Å². The van der Waals surface area contributed by atoms with Crippen molar-refractivity contribution in [3.05, 3.63) is 69.8 Å². The van der Waals surface area contributed by atoms with Gasteiger partial charge in [-0.15, -0.1) is 0 Å². The third-order valence-corrected chi connectivity index (χ3v) is 6.62. The smallest absolute Gasteiger partial charge is 0.338 e. The maximum atomic E-state index is 11.9. The van der Waals surface area contributed by atoms with Gasteiger partial charge in [-0.2, -0.15) is 0 Å². The fraction of sp³-hybridized carbons (Fsp3) is 0.483. The summed E-state index contributed by atoms with van der Waals surface area (Å²) in [7, 11) is 0. The molecule has 0 saturated heterocycles. The summed E-state index contributed by atoms with van der Waals surface area (Å²) in [5, 5.41) is 0. The maximum absolute atomic E-state index is 11.9. The van der Waals surface area contributed by atoms with E-state index in [4.69, 9.17) is 4.74 Å². The average Bonchev–Trinajstić information content (AvgIpc) is 2.70. The standard InChI is InChI=1S/C29H38O2/c1-8-31-27(30)22-12-9-21(10-13-22)11-14-23-18-25-26(19-24(23)17-20(2)3)29(6,7)16-15-28(25,4)5/h9-14,18-20H,8,15-17H2,1-7H3. The SMILES string of the molecule is CCOC(=O)c1ccc(C=Cc2cc3c(cc2CC(C)C)C(C)(C)CCC3(C)C)cc1. The van der Waals surface area contributed by atoms with Gasteiger partial charge in [-0.3, -0.25) is 0 Å². The molecule has 2 aromatic rings. The molecule has 0 aromatic heterocycles. The Hall–Kier alpha value is -2.35. The molecule has 0 spiro atoms. The lowest BCUT2D eigenvalue weighted by atomic mass is 9.62. The molecule has 0 radical (unpaired) electrons. The van der Waals surface area contributed by atoms with Crippen molar-refractivity contribution in [2.24, 2.45) is 5.92 Å². The van der Waals surface area contributed by atoms with Crippen molar-refractivity contribution >= 4 is 18.1 Å². The number of fused-ring (bicyclic) bond motifs is 1. The first-order valence-corrected chi connectivity index (χ1v) is 11.7. The predicted octanol–water partition coefficient (Wildman–Crippen LogP) is 7.58. The van der Waals surface area contributed by atoms with E-state index < -0.39 is 0 Å². The lowest BCUT2D eigenvalue weighted by Crippen LogP contribution is -2.34. The van der Waals surface area contributed by atoms with Gasteiger partial charge in [0.15, 0.2) is 0 Å². The zero-order chi connectivity index (χ0) is 22.8. The Labute approximate surface area is 188 Å². The van der Waals surface area contributed by atoms with Gasteiger partial charge in [0.25, 0.3) is 0 Å². The minimum atomic E-state index is -0.267. The third kappa shape index (κ3) is 5.29. The predicted molar refractivity (Wildman–Crippen MR) is 132 cm³/mol. The molecule has 2 heteroatoms. The Morgan fingerprint density at radius 1 is 0.968 bits per heavy atom. The lowest BCUT2D eigenvalue weighted by Gasteiger charge is -2.42. The number of carbonyl (C=O) groups is 1. The van der Waals surface area contributed by atoms with Crippen LogP contribution in [0.4, 0.5) is 0 Å². The molecular formula is C29H38O2. The molecule has 0 bridgehead atoms. The number of ether oxygens (including phenoxy) is 1. The van der Waals surface area contributed by atoms with Gasteiger partial charge in [-0.25, -0.2) is 4.79 Å². The lowest BCUT2D eigenvalue weighted by molar-refractivity contribution is 0.0526. The Balaban J connectivity index is 1.99. The Morgan fingerprint density at radius 3 is 2.10 bits per heavy atom. The van der Waals surface area contributed by atoms with Gasteiger partial charge in [0.1, 0.15) is 0 Å². The van der Waals surface area contributed by atoms with E-state index in [0.29, 0.717) is 18.1 Å². The third-order valence-electron chi connectivity index (χ3n) is 6.62. The molecule has 0 N–H and O–H groups in total. The Morgan fingerprint density at radius 2 is 1.55 bits per heavy atom. The molecule has 0 fully saturated rings. The summed E-state index contributed by atoms with van der Waals surface area (Å²) in [5.41, 5.74) is 7.86. The van der Waals surface area contributed by atoms with Crippen LogP contribution < -0.4 is 0 Å². The highest BCUT2D eigenvalue weighted by Gasteiger charge is 2.37. The summed E-state index contributed by atoms with van der Waals surface area (Å²) < 4.78 is 5.08. The summed E-state index contributed by atoms with van der Waals surface area (Å²) in [6.45, 7) is 16.3. The van der Waals surface area contributed by atoms with E-state index >= 15 is 0 Å². The van der Waals surface area contributed by atoms with Gasteiger partial charge in [-0.05, 0) is 82.9 Å². The van der Waals surface area contributed by atoms with Gasteiger partial charge in [0, 0.05) is 0 Å². The first-order chi connectivity index (χ1) is 14.5. The molecule has 0 aliphatic heterocycles. The van der Waals surface area contributed by atoms with E-state index in [9.17, 15) is 4.79 Å². The zero-order valence-corrected chi connectivity index (χ0v) is 20.3. The van der Waals surface area contributed by atoms with Crippen LogP contribution in [-0.2, 0) is 22.0 Å². The topological polar surface area (TPSA) is 26.3 Å². The van der Waals surface area contributed by atoms with Crippen LogP contribution in [0.3, 0.4) is 0 Å². The molecule has 1 aliphatic carbocycles. The second-order valence-corrected chi connectivity index (χ2v) is 10.6. The van der Waals surface area contributed by atoms with Crippen LogP contribution in [0.5, 0.6) is 0 Å². The van der Waals surface area contributed by atoms with Crippen LogP contribution in [0.2, 0.25) is 0 Å². The van der Waals surface area contributed by atoms with Crippen molar-refractivity contribution in [1.82, 2.24) is 0 Å². The highest BCUT2D eigenvalue weighted by Crippen LogP contribution is 2.47. The van der Waals surface area contributed by atoms with Gasteiger partial charge in [-0.1, -0.05) is 78.0 Å². The molecule has 2 aromatic carbocycles. The molecule has 0 unspecified atom stereocenters. The van der Waals surface area contributed by atoms with Crippen LogP contribution >= 0.6 is 0 Å². The van der Waals surface area contributed by atoms with Gasteiger partial charge in [0.2, 0.25) is 0 Å². The van der Waals surface area contributed by atoms with E-state index in [1.807, 2.05) is 31.2 Å². The number of hydrogen-bond donors (Lipinski definition) is 0. The minimum absolute atomic E-state index is 0.199. The number of rotatable bonds is 6. The number of benzene rings is 2. The van der Waals surface area contributed by atoms with Crippen molar-refractivity contribution in [3.8, 4) is 0 Å². The van der Waals surface area contributed by atoms with Gasteiger partial charge >= 0.3 is 5.97 Å². The van der Waals surface area contributed by atoms with Crippen LogP contribution in [-0.4, -0.2) is 12.6 Å². The summed E-state index contributed by atoms with van der Waals surface area (Å²) >= 11 is 0. The summed E-state index contributed by atoms with van der Waals surface area (Å²) in [6, 6.07) is 12.6. The molecule has 31 heavy (non-hydrogen) atoms. The average molecular weight is 419 g/mol. The molecule has 3 rings (SSSR count). The largest absolute Gasteiger partial charge is 0.462 e. The fourth-order valence-corrected chi connectivity index (χ4v) is 4.58. The minimum Gasteiger partial charge on any atom is -0.462 e. The molecule has 0 atom stereocenters. The summed E-state index contributed by atoms with van der Waals surface area (Å²) in [4.78, 5) is 11.9. The molecule has 0 saturated carbocycles. The van der Waals surface area contributed by atoms with E-state index in [-0.39, 0.29) is 16.8 Å². The van der Waals surface area contributed by atoms with Crippen molar-refractivity contribution in [3.63, 3.8) is 0 Å². The zero-order valence-electron chi connectivity index (χ0n) is 20.3. The van der Waals surface area contributed by atoms with Gasteiger partial charge < -0.3 is 4.74 Å². The molecular weight excluding hydrogens is 380 g/mol. The molecule has 1 aliphatic rings. The normalized spacial score (nSPS) is 17.0. The monoisotopic (exact) mass is 418 g/mol. The Kier molecular flexibility index (Phi) is 6.79. The molecule has 2 nitrogen and oxygen atoms in total. The van der Waals surface area contributed by atoms with Crippen molar-refractivity contribution in [2.45, 2.75) is 78.6 Å². The number of carbonyl (C=O) groups excluding carboxylic acids is 1. The van der Waals surface area contributed by atoms with Crippen molar-refractivity contribution in [1.29, 1.82) is 0 Å². The molecule has 0 amide bonds. The number of esters is 1. The molecule has 0 heterocycles. The van der Waals surface area contributed by atoms with Crippen LogP contribution in [0.1, 0.15) is 99.5 Å². The molecule has 166 valence electrons. The van der Waals surface area contributed by atoms with Crippen molar-refractivity contribution in [2.75, 3.05) is 6.61 Å². The second kappa shape index (κ2) is 9.02. The quantitative estimate of drug-likeness (QED) is 0.357. The maximum Gasteiger partial charge on any atom is 0.338 e. The number of hydrogen-bond acceptors (Lipinski definition) is 2. The van der Waals surface area contributed by atoms with Crippen LogP contribution in [0.15, 0.2) is 36.4 Å².